The molecule has 2 N–H and O–H groups in total. The zero-order chi connectivity index (χ0) is 22.6. The van der Waals surface area contributed by atoms with Crippen molar-refractivity contribution in [3.63, 3.8) is 0 Å². The molecule has 2 aromatic rings. The molecular formula is C25H31N5O3. The monoisotopic (exact) mass is 449 g/mol. The Hall–Kier alpha value is -2.90. The Labute approximate surface area is 193 Å². The predicted molar refractivity (Wildman–Crippen MR) is 124 cm³/mol. The molecule has 0 bridgehead atoms. The van der Waals surface area contributed by atoms with Gasteiger partial charge in [0.2, 0.25) is 11.5 Å². The van der Waals surface area contributed by atoms with Gasteiger partial charge in [0.25, 0.3) is 5.91 Å². The number of rotatable bonds is 7. The van der Waals surface area contributed by atoms with E-state index in [2.05, 4.69) is 39.5 Å². The zero-order valence-corrected chi connectivity index (χ0v) is 19.1. The number of amides is 2. The SMILES string of the molecule is Cc1nn(C2CCCC2)c2cc(C3=NOC(CC(=O)NC4CC4)(C(=O)NC4CC4)C3)ccc12. The summed E-state index contributed by atoms with van der Waals surface area (Å²) in [6.45, 7) is 2.05. The van der Waals surface area contributed by atoms with Crippen LogP contribution in [-0.4, -0.2) is 45.0 Å². The van der Waals surface area contributed by atoms with E-state index in [-0.39, 0.29) is 36.7 Å². The van der Waals surface area contributed by atoms with Crippen LogP contribution in [0.2, 0.25) is 0 Å². The van der Waals surface area contributed by atoms with E-state index >= 15 is 0 Å². The summed E-state index contributed by atoms with van der Waals surface area (Å²) in [5.41, 5.74) is 2.48. The maximum absolute atomic E-state index is 13.2. The summed E-state index contributed by atoms with van der Waals surface area (Å²) in [7, 11) is 0. The van der Waals surface area contributed by atoms with Crippen LogP contribution in [0.15, 0.2) is 23.4 Å². The van der Waals surface area contributed by atoms with E-state index in [1.165, 1.54) is 12.8 Å². The molecule has 2 heterocycles. The van der Waals surface area contributed by atoms with Crippen molar-refractivity contribution >= 4 is 28.4 Å². The Morgan fingerprint density at radius 1 is 1.09 bits per heavy atom. The van der Waals surface area contributed by atoms with Gasteiger partial charge in [-0.3, -0.25) is 14.3 Å². The highest BCUT2D eigenvalue weighted by atomic mass is 16.7. The van der Waals surface area contributed by atoms with Crippen LogP contribution in [-0.2, 0) is 14.4 Å². The van der Waals surface area contributed by atoms with Crippen LogP contribution >= 0.6 is 0 Å². The van der Waals surface area contributed by atoms with E-state index in [9.17, 15) is 9.59 Å². The van der Waals surface area contributed by atoms with E-state index in [4.69, 9.17) is 9.94 Å². The lowest BCUT2D eigenvalue weighted by atomic mass is 9.89. The first-order valence-corrected chi connectivity index (χ1v) is 12.4. The highest BCUT2D eigenvalue weighted by Crippen LogP contribution is 2.36. The molecule has 8 nitrogen and oxygen atoms in total. The van der Waals surface area contributed by atoms with Gasteiger partial charge in [0.1, 0.15) is 0 Å². The lowest BCUT2D eigenvalue weighted by molar-refractivity contribution is -0.149. The van der Waals surface area contributed by atoms with Gasteiger partial charge < -0.3 is 15.5 Å². The van der Waals surface area contributed by atoms with E-state index < -0.39 is 5.60 Å². The molecule has 1 unspecified atom stereocenters. The topological polar surface area (TPSA) is 97.6 Å². The molecular weight excluding hydrogens is 418 g/mol. The van der Waals surface area contributed by atoms with Gasteiger partial charge in [-0.15, -0.1) is 0 Å². The number of nitrogens with zero attached hydrogens (tertiary/aromatic N) is 3. The van der Waals surface area contributed by atoms with Crippen LogP contribution in [0.3, 0.4) is 0 Å². The standard InChI is InChI=1S/C25H31N5O3/c1-15-20-11-6-16(12-22(20)30(28-15)19-4-2-3-5-19)21-13-25(33-29-21,24(32)27-18-9-10-18)14-23(31)26-17-7-8-17/h6,11-12,17-19H,2-5,7-10,13-14H2,1H3,(H,26,31)(H,27,32). The normalized spacial score (nSPS) is 25.2. The fraction of sp³-hybridized carbons (Fsp3) is 0.600. The van der Waals surface area contributed by atoms with E-state index in [1.54, 1.807) is 0 Å². The molecule has 3 saturated carbocycles. The zero-order valence-electron chi connectivity index (χ0n) is 19.1. The van der Waals surface area contributed by atoms with Gasteiger partial charge in [-0.05, 0) is 51.5 Å². The van der Waals surface area contributed by atoms with Crippen molar-refractivity contribution in [2.75, 3.05) is 0 Å². The fourth-order valence-electron chi connectivity index (χ4n) is 5.14. The van der Waals surface area contributed by atoms with E-state index in [0.717, 1.165) is 60.7 Å². The largest absolute Gasteiger partial charge is 0.378 e. The lowest BCUT2D eigenvalue weighted by Gasteiger charge is -2.25. The first-order chi connectivity index (χ1) is 16.0. The second-order valence-corrected chi connectivity index (χ2v) is 10.3. The van der Waals surface area contributed by atoms with Crippen molar-refractivity contribution in [1.82, 2.24) is 20.4 Å². The van der Waals surface area contributed by atoms with Crippen molar-refractivity contribution in [2.24, 2.45) is 5.16 Å². The van der Waals surface area contributed by atoms with Crippen molar-refractivity contribution in [3.05, 3.63) is 29.5 Å². The van der Waals surface area contributed by atoms with Crippen molar-refractivity contribution < 1.29 is 14.4 Å². The molecule has 6 rings (SSSR count). The molecule has 2 amide bonds. The summed E-state index contributed by atoms with van der Waals surface area (Å²) >= 11 is 0. The number of aryl methyl sites for hydroxylation is 1. The summed E-state index contributed by atoms with van der Waals surface area (Å²) in [6, 6.07) is 7.10. The number of nitrogens with one attached hydrogen (secondary N) is 2. The average Bonchev–Trinajstić information content (AvgIpc) is 3.64. The molecule has 4 aliphatic rings. The van der Waals surface area contributed by atoms with Gasteiger partial charge in [-0.2, -0.15) is 5.10 Å². The summed E-state index contributed by atoms with van der Waals surface area (Å²) in [5, 5.41) is 16.3. The maximum atomic E-state index is 13.2. The van der Waals surface area contributed by atoms with E-state index in [0.29, 0.717) is 11.8 Å². The second kappa shape index (κ2) is 7.85. The second-order valence-electron chi connectivity index (χ2n) is 10.3. The molecule has 1 aliphatic heterocycles. The van der Waals surface area contributed by atoms with Crippen molar-refractivity contribution in [3.8, 4) is 0 Å². The first-order valence-electron chi connectivity index (χ1n) is 12.4. The Balaban J connectivity index is 1.27. The van der Waals surface area contributed by atoms with Crippen LogP contribution < -0.4 is 10.6 Å². The molecule has 174 valence electrons. The molecule has 1 aromatic heterocycles. The smallest absolute Gasteiger partial charge is 0.268 e. The third-order valence-corrected chi connectivity index (χ3v) is 7.39. The molecule has 33 heavy (non-hydrogen) atoms. The van der Waals surface area contributed by atoms with E-state index in [1.807, 2.05) is 6.07 Å². The molecule has 0 radical (unpaired) electrons. The van der Waals surface area contributed by atoms with Crippen LogP contribution in [0, 0.1) is 6.92 Å². The number of benzene rings is 1. The highest BCUT2D eigenvalue weighted by Gasteiger charge is 2.50. The average molecular weight is 450 g/mol. The summed E-state index contributed by atoms with van der Waals surface area (Å²) < 4.78 is 2.17. The number of oxime groups is 1. The minimum absolute atomic E-state index is 0.0174. The van der Waals surface area contributed by atoms with Crippen LogP contribution in [0.25, 0.3) is 10.9 Å². The molecule has 0 saturated heterocycles. The van der Waals surface area contributed by atoms with Gasteiger partial charge in [-0.1, -0.05) is 30.1 Å². The van der Waals surface area contributed by atoms with Gasteiger partial charge in [0, 0.05) is 29.5 Å². The molecule has 3 aliphatic carbocycles. The Morgan fingerprint density at radius 2 is 1.82 bits per heavy atom. The first kappa shape index (κ1) is 20.7. The summed E-state index contributed by atoms with van der Waals surface area (Å²) in [6.07, 6.45) is 9.03. The predicted octanol–water partition coefficient (Wildman–Crippen LogP) is 3.27. The molecule has 1 atom stereocenters. The van der Waals surface area contributed by atoms with Gasteiger partial charge >= 0.3 is 0 Å². The maximum Gasteiger partial charge on any atom is 0.268 e. The number of carbonyl (C=O) groups is 2. The van der Waals surface area contributed by atoms with Crippen LogP contribution in [0.1, 0.15) is 81.5 Å². The Kier molecular flexibility index (Phi) is 4.92. The minimum Gasteiger partial charge on any atom is -0.378 e. The van der Waals surface area contributed by atoms with Gasteiger partial charge in [-0.25, -0.2) is 0 Å². The number of aromatic nitrogens is 2. The quantitative estimate of drug-likeness (QED) is 0.678. The van der Waals surface area contributed by atoms with Crippen molar-refractivity contribution in [2.45, 2.75) is 94.9 Å². The number of carbonyl (C=O) groups excluding carboxylic acids is 2. The molecule has 3 fully saturated rings. The van der Waals surface area contributed by atoms with Gasteiger partial charge in [0.05, 0.1) is 29.4 Å². The lowest BCUT2D eigenvalue weighted by Crippen LogP contribution is -2.50. The molecule has 1 aromatic carbocycles. The highest BCUT2D eigenvalue weighted by molar-refractivity contribution is 6.08. The number of fused-ring (bicyclic) bond motifs is 1. The van der Waals surface area contributed by atoms with Crippen LogP contribution in [0.4, 0.5) is 0 Å². The third kappa shape index (κ3) is 4.00. The molecule has 0 spiro atoms. The van der Waals surface area contributed by atoms with Crippen LogP contribution in [0.5, 0.6) is 0 Å². The minimum atomic E-state index is -1.28. The Morgan fingerprint density at radius 3 is 2.55 bits per heavy atom. The van der Waals surface area contributed by atoms with Crippen molar-refractivity contribution in [1.29, 1.82) is 0 Å². The number of hydrogen-bond acceptors (Lipinski definition) is 5. The number of hydrogen-bond donors (Lipinski definition) is 2. The fourth-order valence-corrected chi connectivity index (χ4v) is 5.14. The van der Waals surface area contributed by atoms with Gasteiger partial charge in [0.15, 0.2) is 0 Å². The Bertz CT molecular complexity index is 1140. The molecule has 8 heteroatoms. The summed E-state index contributed by atoms with van der Waals surface area (Å²) in [4.78, 5) is 31.6. The summed E-state index contributed by atoms with van der Waals surface area (Å²) in [5.74, 6) is -0.382. The third-order valence-electron chi connectivity index (χ3n) is 7.39.